The highest BCUT2D eigenvalue weighted by Crippen LogP contribution is 2.44. The Labute approximate surface area is 158 Å². The summed E-state index contributed by atoms with van der Waals surface area (Å²) in [6.07, 6.45) is 3.86. The molecule has 0 amide bonds. The summed E-state index contributed by atoms with van der Waals surface area (Å²) >= 11 is 5.72. The van der Waals surface area contributed by atoms with Crippen molar-refractivity contribution < 1.29 is 4.74 Å². The Morgan fingerprint density at radius 2 is 1.88 bits per heavy atom. The average Bonchev–Trinajstić information content (AvgIpc) is 3.25. The molecule has 1 N–H and O–H groups in total. The number of ether oxygens (including phenoxy) is 1. The highest BCUT2D eigenvalue weighted by Gasteiger charge is 2.42. The molecule has 2 atom stereocenters. The SMILES string of the molecule is COc1ccccc1N1C(=S)N[C@H](c2ccccn2)[C@@H]1c1cccn1C. The van der Waals surface area contributed by atoms with E-state index in [-0.39, 0.29) is 12.1 Å². The molecule has 1 aliphatic heterocycles. The number of nitrogens with one attached hydrogen (secondary N) is 1. The Balaban J connectivity index is 1.87. The number of pyridine rings is 1. The summed E-state index contributed by atoms with van der Waals surface area (Å²) < 4.78 is 7.72. The molecular formula is C20H20N4OS. The Morgan fingerprint density at radius 1 is 1.08 bits per heavy atom. The average molecular weight is 364 g/mol. The van der Waals surface area contributed by atoms with Gasteiger partial charge in [-0.25, -0.2) is 0 Å². The van der Waals surface area contributed by atoms with Crippen molar-refractivity contribution in [1.29, 1.82) is 0 Å². The molecule has 0 unspecified atom stereocenters. The topological polar surface area (TPSA) is 42.3 Å². The first kappa shape index (κ1) is 16.6. The number of para-hydroxylation sites is 2. The summed E-state index contributed by atoms with van der Waals surface area (Å²) in [4.78, 5) is 6.69. The van der Waals surface area contributed by atoms with E-state index in [0.717, 1.165) is 22.8 Å². The van der Waals surface area contributed by atoms with Crippen LogP contribution < -0.4 is 15.0 Å². The minimum absolute atomic E-state index is 0.0336. The summed E-state index contributed by atoms with van der Waals surface area (Å²) in [5.41, 5.74) is 3.05. The van der Waals surface area contributed by atoms with Crippen LogP contribution in [0.2, 0.25) is 0 Å². The molecule has 0 saturated carbocycles. The summed E-state index contributed by atoms with van der Waals surface area (Å²) in [5, 5.41) is 4.12. The molecule has 0 radical (unpaired) electrons. The van der Waals surface area contributed by atoms with Gasteiger partial charge in [0.05, 0.1) is 24.5 Å². The molecule has 4 rings (SSSR count). The van der Waals surface area contributed by atoms with E-state index in [2.05, 4.69) is 25.8 Å². The first-order valence-corrected chi connectivity index (χ1v) is 8.86. The standard InChI is InChI=1S/C20H20N4OS/c1-23-13-7-10-16(23)19-18(14-8-5-6-12-21-14)22-20(26)24(19)15-9-3-4-11-17(15)25-2/h3-13,18-19H,1-2H3,(H,22,26)/t18-,19+/m1/s1. The van der Waals surface area contributed by atoms with Gasteiger partial charge in [-0.05, 0) is 48.6 Å². The van der Waals surface area contributed by atoms with Gasteiger partial charge in [0, 0.05) is 25.1 Å². The van der Waals surface area contributed by atoms with Crippen molar-refractivity contribution in [2.45, 2.75) is 12.1 Å². The third-order valence-corrected chi connectivity index (χ3v) is 5.04. The highest BCUT2D eigenvalue weighted by atomic mass is 32.1. The van der Waals surface area contributed by atoms with Crippen LogP contribution in [-0.4, -0.2) is 21.8 Å². The molecule has 5 nitrogen and oxygen atoms in total. The van der Waals surface area contributed by atoms with Crippen molar-refractivity contribution in [3.63, 3.8) is 0 Å². The van der Waals surface area contributed by atoms with Gasteiger partial charge in [-0.2, -0.15) is 0 Å². The molecule has 1 aliphatic rings. The second kappa shape index (κ2) is 6.80. The molecule has 3 aromatic rings. The fraction of sp³-hybridized carbons (Fsp3) is 0.200. The Kier molecular flexibility index (Phi) is 4.34. The monoisotopic (exact) mass is 364 g/mol. The van der Waals surface area contributed by atoms with Gasteiger partial charge >= 0.3 is 0 Å². The van der Waals surface area contributed by atoms with Crippen LogP contribution in [0.5, 0.6) is 5.75 Å². The number of anilines is 1. The number of benzene rings is 1. The zero-order chi connectivity index (χ0) is 18.1. The molecule has 26 heavy (non-hydrogen) atoms. The second-order valence-electron chi connectivity index (χ2n) is 6.21. The van der Waals surface area contributed by atoms with Crippen molar-refractivity contribution in [3.8, 4) is 5.75 Å². The maximum Gasteiger partial charge on any atom is 0.174 e. The maximum absolute atomic E-state index is 5.72. The van der Waals surface area contributed by atoms with Crippen molar-refractivity contribution >= 4 is 23.0 Å². The fourth-order valence-electron chi connectivity index (χ4n) is 3.53. The van der Waals surface area contributed by atoms with Crippen LogP contribution in [0.15, 0.2) is 67.0 Å². The summed E-state index contributed by atoms with van der Waals surface area (Å²) in [5.74, 6) is 0.789. The molecule has 2 aromatic heterocycles. The van der Waals surface area contributed by atoms with Gasteiger partial charge in [-0.1, -0.05) is 18.2 Å². The zero-order valence-electron chi connectivity index (χ0n) is 14.7. The van der Waals surface area contributed by atoms with Crippen LogP contribution in [0.4, 0.5) is 5.69 Å². The minimum atomic E-state index is -0.0535. The van der Waals surface area contributed by atoms with Gasteiger partial charge < -0.3 is 19.5 Å². The van der Waals surface area contributed by atoms with Crippen molar-refractivity contribution in [3.05, 3.63) is 78.4 Å². The van der Waals surface area contributed by atoms with E-state index >= 15 is 0 Å². The molecular weight excluding hydrogens is 344 g/mol. The highest BCUT2D eigenvalue weighted by molar-refractivity contribution is 7.80. The lowest BCUT2D eigenvalue weighted by Crippen LogP contribution is -2.30. The van der Waals surface area contributed by atoms with E-state index in [1.165, 1.54) is 0 Å². The molecule has 3 heterocycles. The second-order valence-corrected chi connectivity index (χ2v) is 6.60. The molecule has 1 fully saturated rings. The van der Waals surface area contributed by atoms with Crippen molar-refractivity contribution in [2.24, 2.45) is 7.05 Å². The van der Waals surface area contributed by atoms with Crippen LogP contribution in [0, 0.1) is 0 Å². The molecule has 132 valence electrons. The number of hydrogen-bond donors (Lipinski definition) is 1. The summed E-state index contributed by atoms with van der Waals surface area (Å²) in [6.45, 7) is 0. The Hall–Kier alpha value is -2.86. The van der Waals surface area contributed by atoms with Crippen molar-refractivity contribution in [2.75, 3.05) is 12.0 Å². The van der Waals surface area contributed by atoms with Gasteiger partial charge in [0.25, 0.3) is 0 Å². The number of hydrogen-bond acceptors (Lipinski definition) is 3. The molecule has 1 saturated heterocycles. The number of thiocarbonyl (C=S) groups is 1. The molecule has 1 aromatic carbocycles. The van der Waals surface area contributed by atoms with Crippen LogP contribution in [-0.2, 0) is 7.05 Å². The maximum atomic E-state index is 5.72. The first-order chi connectivity index (χ1) is 12.7. The van der Waals surface area contributed by atoms with Crippen LogP contribution in [0.3, 0.4) is 0 Å². The lowest BCUT2D eigenvalue weighted by molar-refractivity contribution is 0.414. The fourth-order valence-corrected chi connectivity index (χ4v) is 3.86. The smallest absolute Gasteiger partial charge is 0.174 e. The Bertz CT molecular complexity index is 924. The number of nitrogens with zero attached hydrogens (tertiary/aromatic N) is 3. The van der Waals surface area contributed by atoms with Gasteiger partial charge in [0.15, 0.2) is 5.11 Å². The van der Waals surface area contributed by atoms with Crippen LogP contribution >= 0.6 is 12.2 Å². The van der Waals surface area contributed by atoms with Crippen LogP contribution in [0.25, 0.3) is 0 Å². The summed E-state index contributed by atoms with van der Waals surface area (Å²) in [7, 11) is 3.73. The predicted molar refractivity (Wildman–Crippen MR) is 106 cm³/mol. The lowest BCUT2D eigenvalue weighted by Gasteiger charge is -2.29. The third-order valence-electron chi connectivity index (χ3n) is 4.73. The first-order valence-electron chi connectivity index (χ1n) is 8.45. The molecule has 0 bridgehead atoms. The quantitative estimate of drug-likeness (QED) is 0.717. The minimum Gasteiger partial charge on any atom is -0.495 e. The Morgan fingerprint density at radius 3 is 2.58 bits per heavy atom. The van der Waals surface area contributed by atoms with Gasteiger partial charge in [0.2, 0.25) is 0 Å². The number of methoxy groups -OCH3 is 1. The lowest BCUT2D eigenvalue weighted by atomic mass is 10.0. The largest absolute Gasteiger partial charge is 0.495 e. The molecule has 0 aliphatic carbocycles. The van der Waals surface area contributed by atoms with E-state index in [1.807, 2.05) is 68.0 Å². The number of aromatic nitrogens is 2. The zero-order valence-corrected chi connectivity index (χ0v) is 15.5. The van der Waals surface area contributed by atoms with E-state index in [0.29, 0.717) is 5.11 Å². The molecule has 6 heteroatoms. The van der Waals surface area contributed by atoms with Gasteiger partial charge in [0.1, 0.15) is 11.8 Å². The van der Waals surface area contributed by atoms with Gasteiger partial charge in [-0.15, -0.1) is 0 Å². The molecule has 0 spiro atoms. The number of aryl methyl sites for hydroxylation is 1. The van der Waals surface area contributed by atoms with E-state index in [9.17, 15) is 0 Å². The van der Waals surface area contributed by atoms with E-state index < -0.39 is 0 Å². The normalized spacial score (nSPS) is 19.5. The summed E-state index contributed by atoms with van der Waals surface area (Å²) in [6, 6.07) is 18.0. The van der Waals surface area contributed by atoms with E-state index in [1.54, 1.807) is 7.11 Å². The van der Waals surface area contributed by atoms with Crippen molar-refractivity contribution in [1.82, 2.24) is 14.9 Å². The van der Waals surface area contributed by atoms with E-state index in [4.69, 9.17) is 17.0 Å². The van der Waals surface area contributed by atoms with Gasteiger partial charge in [-0.3, -0.25) is 4.98 Å². The third kappa shape index (κ3) is 2.72. The predicted octanol–water partition coefficient (Wildman–Crippen LogP) is 3.61. The number of rotatable bonds is 4. The van der Waals surface area contributed by atoms with Crippen LogP contribution in [0.1, 0.15) is 23.5 Å².